The summed E-state index contributed by atoms with van der Waals surface area (Å²) in [5.74, 6) is -3.63. The molecule has 0 saturated carbocycles. The van der Waals surface area contributed by atoms with Crippen LogP contribution in [0.3, 0.4) is 0 Å². The van der Waals surface area contributed by atoms with Crippen LogP contribution in [0.5, 0.6) is 0 Å². The first-order valence-corrected chi connectivity index (χ1v) is 10.8. The molecule has 12 heteroatoms. The number of fused-ring (bicyclic) bond motifs is 4. The number of aromatic nitrogens is 1. The number of halogens is 4. The third kappa shape index (κ3) is 2.74. The SMILES string of the molecule is Cl.NC1CCN(c2cc3cc4c(n5c6c(oc(c2F)c3-5)C(=O)C(=O)CC6)=S(F)N=C4F)C1. The maximum absolute atomic E-state index is 15.7. The van der Waals surface area contributed by atoms with Crippen LogP contribution in [-0.4, -0.2) is 41.2 Å². The summed E-state index contributed by atoms with van der Waals surface area (Å²) < 4.78 is 55.2. The standard InChI is InChI=1S/C20H15F3N4O3S.ClH/c21-14-12(26-4-3-9(24)7-26)6-8-5-10-19(22)25-31(23)20(10)27-11-1-2-13(28)16(29)17(11)30-18(14)15(8)27;/h5-6,9H,1-4,7,24H2;1H. The van der Waals surface area contributed by atoms with Gasteiger partial charge in [0.15, 0.2) is 17.2 Å². The maximum Gasteiger partial charge on any atom is 0.265 e. The Bertz CT molecular complexity index is 1430. The van der Waals surface area contributed by atoms with E-state index in [1.807, 2.05) is 0 Å². The molecule has 2 atom stereocenters. The second-order valence-electron chi connectivity index (χ2n) is 7.92. The highest BCUT2D eigenvalue weighted by molar-refractivity contribution is 8.03. The molecule has 0 bridgehead atoms. The highest BCUT2D eigenvalue weighted by Gasteiger charge is 2.36. The first-order valence-electron chi connectivity index (χ1n) is 9.75. The number of hydrogen-bond acceptors (Lipinski definition) is 6. The average Bonchev–Trinajstić information content (AvgIpc) is 3.29. The van der Waals surface area contributed by atoms with Gasteiger partial charge in [0, 0.05) is 30.9 Å². The summed E-state index contributed by atoms with van der Waals surface area (Å²) >= 11 is -2.33. The fraction of sp³-hybridized carbons (Fsp3) is 0.300. The molecule has 6 rings (SSSR count). The van der Waals surface area contributed by atoms with Crippen molar-refractivity contribution in [1.29, 1.82) is 0 Å². The zero-order chi connectivity index (χ0) is 21.6. The van der Waals surface area contributed by atoms with Crippen molar-refractivity contribution in [3.63, 3.8) is 0 Å². The molecule has 32 heavy (non-hydrogen) atoms. The zero-order valence-electron chi connectivity index (χ0n) is 16.4. The number of benzene rings is 1. The molecule has 1 aromatic carbocycles. The van der Waals surface area contributed by atoms with Crippen molar-refractivity contribution in [3.8, 4) is 5.69 Å². The molecule has 1 saturated heterocycles. The highest BCUT2D eigenvalue weighted by Crippen LogP contribution is 2.43. The number of ketones is 2. The predicted octanol–water partition coefficient (Wildman–Crippen LogP) is 3.79. The topological polar surface area (TPSA) is 93.8 Å². The monoisotopic (exact) mass is 484 g/mol. The molecule has 0 spiro atoms. The van der Waals surface area contributed by atoms with E-state index in [1.54, 1.807) is 11.0 Å². The van der Waals surface area contributed by atoms with Gasteiger partial charge in [-0.3, -0.25) is 14.2 Å². The molecule has 7 nitrogen and oxygen atoms in total. The maximum atomic E-state index is 15.7. The van der Waals surface area contributed by atoms with Gasteiger partial charge in [-0.25, -0.2) is 4.39 Å². The van der Waals surface area contributed by atoms with Crippen LogP contribution in [0, 0.1) is 10.5 Å². The summed E-state index contributed by atoms with van der Waals surface area (Å²) in [5.41, 5.74) is 6.21. The largest absolute Gasteiger partial charge is 0.446 e. The van der Waals surface area contributed by atoms with Crippen LogP contribution in [-0.2, 0) is 11.2 Å². The smallest absolute Gasteiger partial charge is 0.265 e. The summed E-state index contributed by atoms with van der Waals surface area (Å²) in [6, 6.07) is 2.84. The van der Waals surface area contributed by atoms with Crippen molar-refractivity contribution in [1.82, 2.24) is 4.57 Å². The highest BCUT2D eigenvalue weighted by atomic mass is 35.5. The fourth-order valence-corrected chi connectivity index (χ4v) is 5.61. The summed E-state index contributed by atoms with van der Waals surface area (Å²) in [6.07, 6.45) is 0.662. The lowest BCUT2D eigenvalue weighted by molar-refractivity contribution is -0.115. The van der Waals surface area contributed by atoms with E-state index < -0.39 is 34.4 Å². The van der Waals surface area contributed by atoms with Crippen LogP contribution in [0.4, 0.5) is 18.4 Å². The van der Waals surface area contributed by atoms with E-state index >= 15 is 4.39 Å². The van der Waals surface area contributed by atoms with Crippen LogP contribution in [0.15, 0.2) is 20.9 Å². The average molecular weight is 485 g/mol. The quantitative estimate of drug-likeness (QED) is 0.419. The number of nitrogens with two attached hydrogens (primary N) is 1. The molecule has 1 aliphatic carbocycles. The van der Waals surface area contributed by atoms with Crippen LogP contribution >= 0.6 is 23.5 Å². The Labute approximate surface area is 187 Å². The zero-order valence-corrected chi connectivity index (χ0v) is 18.0. The molecule has 1 fully saturated rings. The number of Topliss-reactive ketones (excluding diaryl/α,β-unsaturated/α-hetero) is 2. The number of anilines is 1. The van der Waals surface area contributed by atoms with Crippen LogP contribution in [0.1, 0.15) is 34.7 Å². The van der Waals surface area contributed by atoms with Gasteiger partial charge in [0.05, 0.1) is 16.9 Å². The molecule has 0 amide bonds. The normalized spacial score (nSPS) is 22.4. The van der Waals surface area contributed by atoms with Crippen molar-refractivity contribution in [2.24, 2.45) is 10.1 Å². The minimum atomic E-state index is -2.33. The van der Waals surface area contributed by atoms with Crippen molar-refractivity contribution in [2.45, 2.75) is 25.3 Å². The Hall–Kier alpha value is -2.63. The summed E-state index contributed by atoms with van der Waals surface area (Å²) in [5, 5.41) is 0.408. The van der Waals surface area contributed by atoms with E-state index in [9.17, 15) is 17.9 Å². The number of nitrogens with zero attached hydrogens (tertiary/aromatic N) is 3. The molecule has 1 aromatic rings. The lowest BCUT2D eigenvalue weighted by Gasteiger charge is -2.27. The first kappa shape index (κ1) is 21.2. The Morgan fingerprint density at radius 2 is 2.00 bits per heavy atom. The summed E-state index contributed by atoms with van der Waals surface area (Å²) in [4.78, 5) is 26.3. The minimum Gasteiger partial charge on any atom is -0.446 e. The minimum absolute atomic E-state index is 0. The van der Waals surface area contributed by atoms with Gasteiger partial charge in [-0.15, -0.1) is 16.3 Å². The van der Waals surface area contributed by atoms with Crippen LogP contribution in [0.2, 0.25) is 0 Å². The second-order valence-corrected chi connectivity index (χ2v) is 8.96. The number of hydrogen-bond donors (Lipinski definition) is 1. The molecular weight excluding hydrogens is 469 g/mol. The van der Waals surface area contributed by atoms with Gasteiger partial charge in [0.1, 0.15) is 21.4 Å². The molecule has 4 aliphatic heterocycles. The lowest BCUT2D eigenvalue weighted by Crippen LogP contribution is -2.28. The summed E-state index contributed by atoms with van der Waals surface area (Å²) in [6.45, 7) is 0.936. The Kier molecular flexibility index (Phi) is 4.77. The van der Waals surface area contributed by atoms with E-state index in [1.165, 1.54) is 10.6 Å². The van der Waals surface area contributed by atoms with Gasteiger partial charge in [-0.1, -0.05) is 0 Å². The number of carbonyl (C=O) groups is 2. The molecular formula is C20H16ClF3N4O3S. The molecule has 4 heterocycles. The molecule has 2 unspecified atom stereocenters. The Balaban J connectivity index is 0.00000216. The molecule has 168 valence electrons. The second kappa shape index (κ2) is 7.19. The molecule has 0 aromatic heterocycles. The van der Waals surface area contributed by atoms with Crippen molar-refractivity contribution in [3.05, 3.63) is 39.6 Å². The molecule has 2 N–H and O–H groups in total. The number of pyridine rings is 1. The molecule has 0 radical (unpaired) electrons. The van der Waals surface area contributed by atoms with E-state index in [2.05, 4.69) is 4.40 Å². The molecule has 5 aliphatic rings. The van der Waals surface area contributed by atoms with E-state index in [-0.39, 0.29) is 69.9 Å². The van der Waals surface area contributed by atoms with Crippen LogP contribution in [0.25, 0.3) is 16.7 Å². The first-order chi connectivity index (χ1) is 14.8. The van der Waals surface area contributed by atoms with Gasteiger partial charge in [-0.05, 0) is 25.0 Å². The van der Waals surface area contributed by atoms with Gasteiger partial charge in [-0.2, -0.15) is 8.79 Å². The predicted molar refractivity (Wildman–Crippen MR) is 116 cm³/mol. The number of carbonyl (C=O) groups excluding carboxylic acids is 2. The Morgan fingerprint density at radius 3 is 2.72 bits per heavy atom. The lowest BCUT2D eigenvalue weighted by atomic mass is 9.97. The third-order valence-electron chi connectivity index (χ3n) is 6.05. The van der Waals surface area contributed by atoms with Crippen LogP contribution < -0.4 is 10.6 Å². The van der Waals surface area contributed by atoms with Gasteiger partial charge in [0.2, 0.25) is 11.7 Å². The number of rotatable bonds is 1. The van der Waals surface area contributed by atoms with Gasteiger partial charge >= 0.3 is 0 Å². The van der Waals surface area contributed by atoms with Gasteiger partial charge in [0.25, 0.3) is 5.78 Å². The van der Waals surface area contributed by atoms with E-state index in [0.717, 1.165) is 0 Å². The van der Waals surface area contributed by atoms with Crippen molar-refractivity contribution in [2.75, 3.05) is 18.0 Å². The fourth-order valence-electron chi connectivity index (χ4n) is 4.61. The van der Waals surface area contributed by atoms with E-state index in [0.29, 0.717) is 24.9 Å². The Morgan fingerprint density at radius 1 is 1.22 bits per heavy atom. The van der Waals surface area contributed by atoms with E-state index in [4.69, 9.17) is 10.2 Å². The van der Waals surface area contributed by atoms with Crippen molar-refractivity contribution < 1.29 is 26.7 Å². The summed E-state index contributed by atoms with van der Waals surface area (Å²) in [7, 11) is 0. The van der Waals surface area contributed by atoms with Crippen molar-refractivity contribution >= 4 is 57.7 Å². The third-order valence-corrected chi connectivity index (χ3v) is 7.10. The van der Waals surface area contributed by atoms with Gasteiger partial charge < -0.3 is 15.1 Å².